The Labute approximate surface area is 194 Å². The van der Waals surface area contributed by atoms with Gasteiger partial charge in [-0.25, -0.2) is 0 Å². The minimum Gasteiger partial charge on any atom is -0.353 e. The fraction of sp³-hybridized carbons (Fsp3) is 0.296. The second kappa shape index (κ2) is 10.5. The number of rotatable bonds is 8. The van der Waals surface area contributed by atoms with Gasteiger partial charge in [0.25, 0.3) is 0 Å². The number of benzene rings is 2. The smallest absolute Gasteiger partial charge is 0.173 e. The zero-order valence-corrected chi connectivity index (χ0v) is 19.8. The number of hydrogen-bond acceptors (Lipinski definition) is 5. The Morgan fingerprint density at radius 2 is 1.56 bits per heavy atom. The molecule has 1 atom stereocenters. The van der Waals surface area contributed by atoms with E-state index in [1.165, 1.54) is 29.8 Å². The average Bonchev–Trinajstić information content (AvgIpc) is 2.81. The molecule has 0 radical (unpaired) electrons. The number of Topliss-reactive ketones (excluding diaryl/α,β-unsaturated/α-hetero) is 2. The lowest BCUT2D eigenvalue weighted by Gasteiger charge is -2.29. The monoisotopic (exact) mass is 444 g/mol. The first-order chi connectivity index (χ1) is 15.4. The summed E-state index contributed by atoms with van der Waals surface area (Å²) in [6.45, 7) is 7.55. The SMILES string of the molecule is CCc1ccc(C(=O)CSC2=C(C#N)[C@H](c3ccc(CC)cc3)C(C(C)=O)=C(C)N2)cc1. The Kier molecular flexibility index (Phi) is 7.71. The highest BCUT2D eigenvalue weighted by molar-refractivity contribution is 8.03. The molecule has 0 aliphatic carbocycles. The summed E-state index contributed by atoms with van der Waals surface area (Å²) in [5, 5.41) is 13.9. The van der Waals surface area contributed by atoms with Crippen molar-refractivity contribution in [3.63, 3.8) is 0 Å². The Morgan fingerprint density at radius 1 is 1.00 bits per heavy atom. The predicted octanol–water partition coefficient (Wildman–Crippen LogP) is 5.71. The van der Waals surface area contributed by atoms with Gasteiger partial charge in [0, 0.05) is 16.8 Å². The van der Waals surface area contributed by atoms with Crippen LogP contribution in [0.5, 0.6) is 0 Å². The predicted molar refractivity (Wildman–Crippen MR) is 130 cm³/mol. The molecule has 1 heterocycles. The maximum atomic E-state index is 12.7. The van der Waals surface area contributed by atoms with E-state index in [-0.39, 0.29) is 17.3 Å². The van der Waals surface area contributed by atoms with Gasteiger partial charge in [-0.15, -0.1) is 0 Å². The van der Waals surface area contributed by atoms with Crippen LogP contribution in [0.1, 0.15) is 60.7 Å². The zero-order chi connectivity index (χ0) is 23.3. The lowest BCUT2D eigenvalue weighted by atomic mass is 9.81. The van der Waals surface area contributed by atoms with Crippen LogP contribution in [0.4, 0.5) is 0 Å². The molecular weight excluding hydrogens is 416 g/mol. The van der Waals surface area contributed by atoms with Gasteiger partial charge in [0.15, 0.2) is 11.6 Å². The molecule has 1 N–H and O–H groups in total. The molecule has 0 aromatic heterocycles. The molecule has 5 heteroatoms. The number of nitrogens with zero attached hydrogens (tertiary/aromatic N) is 1. The number of ketones is 2. The van der Waals surface area contributed by atoms with E-state index in [9.17, 15) is 14.9 Å². The summed E-state index contributed by atoms with van der Waals surface area (Å²) in [7, 11) is 0. The van der Waals surface area contributed by atoms with Gasteiger partial charge >= 0.3 is 0 Å². The summed E-state index contributed by atoms with van der Waals surface area (Å²) in [5.41, 5.74) is 5.75. The maximum Gasteiger partial charge on any atom is 0.173 e. The van der Waals surface area contributed by atoms with Crippen molar-refractivity contribution in [3.05, 3.63) is 92.7 Å². The zero-order valence-electron chi connectivity index (χ0n) is 19.0. The number of dihydropyridines is 1. The van der Waals surface area contributed by atoms with E-state index in [0.717, 1.165) is 24.1 Å². The molecule has 32 heavy (non-hydrogen) atoms. The average molecular weight is 445 g/mol. The number of nitriles is 1. The van der Waals surface area contributed by atoms with Crippen LogP contribution in [-0.2, 0) is 17.6 Å². The van der Waals surface area contributed by atoms with Crippen molar-refractivity contribution in [1.29, 1.82) is 5.26 Å². The standard InChI is InChI=1S/C27H28N2O2S/c1-5-19-7-11-21(12-8-19)24(31)16-32-27-23(15-28)26(25(18(4)30)17(3)29-27)22-13-9-20(6-2)10-14-22/h7-14,26,29H,5-6,16H2,1-4H3/t26-/m0/s1. The van der Waals surface area contributed by atoms with Gasteiger partial charge in [0.1, 0.15) is 0 Å². The largest absolute Gasteiger partial charge is 0.353 e. The first-order valence-corrected chi connectivity index (χ1v) is 11.8. The molecule has 0 amide bonds. The second-order valence-electron chi connectivity index (χ2n) is 7.86. The number of allylic oxidation sites excluding steroid dienone is 3. The van der Waals surface area contributed by atoms with Crippen molar-refractivity contribution in [1.82, 2.24) is 5.32 Å². The van der Waals surface area contributed by atoms with Crippen LogP contribution in [0.2, 0.25) is 0 Å². The molecule has 0 bridgehead atoms. The van der Waals surface area contributed by atoms with Crippen LogP contribution < -0.4 is 5.32 Å². The van der Waals surface area contributed by atoms with Crippen molar-refractivity contribution in [3.8, 4) is 6.07 Å². The first kappa shape index (κ1) is 23.6. The summed E-state index contributed by atoms with van der Waals surface area (Å²) in [6.07, 6.45) is 1.85. The Morgan fingerprint density at radius 3 is 2.06 bits per heavy atom. The summed E-state index contributed by atoms with van der Waals surface area (Å²) in [4.78, 5) is 25.2. The van der Waals surface area contributed by atoms with Gasteiger partial charge in [0.2, 0.25) is 0 Å². The lowest BCUT2D eigenvalue weighted by Crippen LogP contribution is -2.27. The minimum atomic E-state index is -0.439. The van der Waals surface area contributed by atoms with Crippen molar-refractivity contribution in [2.75, 3.05) is 5.75 Å². The molecule has 0 unspecified atom stereocenters. The van der Waals surface area contributed by atoms with Gasteiger partial charge in [-0.05, 0) is 43.4 Å². The second-order valence-corrected chi connectivity index (χ2v) is 8.85. The first-order valence-electron chi connectivity index (χ1n) is 10.9. The molecule has 4 nitrogen and oxygen atoms in total. The van der Waals surface area contributed by atoms with Crippen molar-refractivity contribution in [2.45, 2.75) is 46.5 Å². The van der Waals surface area contributed by atoms with E-state index in [1.807, 2.05) is 55.5 Å². The van der Waals surface area contributed by atoms with E-state index in [1.54, 1.807) is 0 Å². The van der Waals surface area contributed by atoms with Crippen molar-refractivity contribution in [2.24, 2.45) is 0 Å². The third-order valence-electron chi connectivity index (χ3n) is 5.78. The molecule has 164 valence electrons. The summed E-state index contributed by atoms with van der Waals surface area (Å²) >= 11 is 1.32. The van der Waals surface area contributed by atoms with Crippen molar-refractivity contribution < 1.29 is 9.59 Å². The fourth-order valence-electron chi connectivity index (χ4n) is 3.92. The number of carbonyl (C=O) groups excluding carboxylic acids is 2. The quantitative estimate of drug-likeness (QED) is 0.528. The Hall–Kier alpha value is -3.10. The van der Waals surface area contributed by atoms with E-state index >= 15 is 0 Å². The van der Waals surface area contributed by atoms with E-state index in [4.69, 9.17) is 0 Å². The topological polar surface area (TPSA) is 70.0 Å². The Bertz CT molecular complexity index is 1120. The molecule has 2 aromatic rings. The Balaban J connectivity index is 1.92. The van der Waals surface area contributed by atoms with E-state index < -0.39 is 5.92 Å². The number of aryl methyl sites for hydroxylation is 2. The molecule has 2 aromatic carbocycles. The summed E-state index contributed by atoms with van der Waals surface area (Å²) < 4.78 is 0. The van der Waals surface area contributed by atoms with Crippen LogP contribution >= 0.6 is 11.8 Å². The summed E-state index contributed by atoms with van der Waals surface area (Å²) in [5.74, 6) is -0.287. The summed E-state index contributed by atoms with van der Waals surface area (Å²) in [6, 6.07) is 18.0. The third kappa shape index (κ3) is 5.03. The molecule has 0 fully saturated rings. The highest BCUT2D eigenvalue weighted by Gasteiger charge is 2.33. The van der Waals surface area contributed by atoms with Gasteiger partial charge in [-0.1, -0.05) is 74.1 Å². The highest BCUT2D eigenvalue weighted by Crippen LogP contribution is 2.41. The van der Waals surface area contributed by atoms with Gasteiger partial charge in [-0.3, -0.25) is 9.59 Å². The third-order valence-corrected chi connectivity index (χ3v) is 6.80. The van der Waals surface area contributed by atoms with Gasteiger partial charge in [0.05, 0.1) is 28.3 Å². The molecule has 3 rings (SSSR count). The number of nitrogens with one attached hydrogen (secondary N) is 1. The molecule has 0 saturated heterocycles. The van der Waals surface area contributed by atoms with E-state index in [0.29, 0.717) is 21.7 Å². The lowest BCUT2D eigenvalue weighted by molar-refractivity contribution is -0.113. The number of carbonyl (C=O) groups is 2. The van der Waals surface area contributed by atoms with E-state index in [2.05, 4.69) is 25.2 Å². The maximum absolute atomic E-state index is 12.7. The molecule has 0 saturated carbocycles. The molecular formula is C27H28N2O2S. The number of thioether (sulfide) groups is 1. The van der Waals surface area contributed by atoms with Crippen LogP contribution in [0, 0.1) is 11.3 Å². The van der Waals surface area contributed by atoms with Crippen LogP contribution in [0.15, 0.2) is 70.4 Å². The normalized spacial score (nSPS) is 15.9. The molecule has 1 aliphatic heterocycles. The van der Waals surface area contributed by atoms with Crippen LogP contribution in [0.25, 0.3) is 0 Å². The molecule has 1 aliphatic rings. The fourth-order valence-corrected chi connectivity index (χ4v) is 4.91. The van der Waals surface area contributed by atoms with Crippen LogP contribution in [-0.4, -0.2) is 17.3 Å². The minimum absolute atomic E-state index is 0.00656. The van der Waals surface area contributed by atoms with Gasteiger partial charge < -0.3 is 5.32 Å². The number of hydrogen-bond donors (Lipinski definition) is 1. The van der Waals surface area contributed by atoms with Gasteiger partial charge in [-0.2, -0.15) is 5.26 Å². The molecule has 0 spiro atoms. The van der Waals surface area contributed by atoms with Crippen molar-refractivity contribution >= 4 is 23.3 Å². The highest BCUT2D eigenvalue weighted by atomic mass is 32.2. The van der Waals surface area contributed by atoms with Crippen LogP contribution in [0.3, 0.4) is 0 Å².